The van der Waals surface area contributed by atoms with E-state index < -0.39 is 0 Å². The summed E-state index contributed by atoms with van der Waals surface area (Å²) >= 11 is 0. The van der Waals surface area contributed by atoms with Gasteiger partial charge in [-0.15, -0.1) is 12.3 Å². The minimum Gasteiger partial charge on any atom is 0 e. The SMILES string of the molecule is O=C([CH][C-][C]1c2ccccc2-c2ccccc21)c1ccccc1.[C-]#[O+].[C-]#[O+].[C-]#[O+].[C-]#[O+].[C-]#[O+].[C-]#[O+].[Fe].[Fe]. The maximum atomic E-state index is 12.3. The fourth-order valence-corrected chi connectivity index (χ4v) is 3.00. The molecule has 0 atom stereocenters. The molecule has 185 valence electrons. The summed E-state index contributed by atoms with van der Waals surface area (Å²) in [5.41, 5.74) is 5.34. The summed E-state index contributed by atoms with van der Waals surface area (Å²) in [4.78, 5) is 12.3. The van der Waals surface area contributed by atoms with Crippen LogP contribution >= 0.6 is 0 Å². The molecule has 0 heterocycles. The van der Waals surface area contributed by atoms with Crippen molar-refractivity contribution in [2.24, 2.45) is 0 Å². The molecule has 3 aromatic rings. The Morgan fingerprint density at radius 1 is 0.514 bits per heavy atom. The van der Waals surface area contributed by atoms with Gasteiger partial charge >= 0.3 is 67.8 Å². The Balaban J connectivity index is -0.000000216. The van der Waals surface area contributed by atoms with E-state index in [0.717, 1.165) is 17.0 Å². The average Bonchev–Trinajstić information content (AvgIpc) is 3.32. The van der Waals surface area contributed by atoms with Crippen LogP contribution in [0.4, 0.5) is 0 Å². The normalized spacial score (nSPS) is 8.22. The van der Waals surface area contributed by atoms with Crippen molar-refractivity contribution in [2.45, 2.75) is 0 Å². The molecule has 0 aromatic heterocycles. The van der Waals surface area contributed by atoms with Crippen LogP contribution in [0.5, 0.6) is 0 Å². The molecule has 1 aliphatic carbocycles. The van der Waals surface area contributed by atoms with E-state index in [9.17, 15) is 4.79 Å². The van der Waals surface area contributed by atoms with Gasteiger partial charge in [0.2, 0.25) is 0 Å². The van der Waals surface area contributed by atoms with Crippen LogP contribution in [0, 0.1) is 58.7 Å². The van der Waals surface area contributed by atoms with Crippen LogP contribution in [0.2, 0.25) is 0 Å². The van der Waals surface area contributed by atoms with E-state index in [-0.39, 0.29) is 39.9 Å². The predicted molar refractivity (Wildman–Crippen MR) is 115 cm³/mol. The van der Waals surface area contributed by atoms with Crippen LogP contribution in [0.1, 0.15) is 21.5 Å². The van der Waals surface area contributed by atoms with Gasteiger partial charge in [-0.1, -0.05) is 90.0 Å². The third-order valence-electron chi connectivity index (χ3n) is 4.09. The first-order chi connectivity index (χ1) is 17.3. The molecule has 0 spiro atoms. The molecule has 0 N–H and O–H groups in total. The predicted octanol–water partition coefficient (Wildman–Crippen LogP) is 4.58. The molecule has 0 unspecified atom stereocenters. The molecule has 0 amide bonds. The van der Waals surface area contributed by atoms with Crippen molar-refractivity contribution in [1.82, 2.24) is 0 Å². The second-order valence-electron chi connectivity index (χ2n) is 5.49. The van der Waals surface area contributed by atoms with E-state index in [0.29, 0.717) is 5.56 Å². The molecule has 0 bridgehead atoms. The molecule has 0 fully saturated rings. The van der Waals surface area contributed by atoms with Crippen molar-refractivity contribution in [2.75, 3.05) is 0 Å². The van der Waals surface area contributed by atoms with E-state index in [1.165, 1.54) is 11.1 Å². The molecular formula is C28H14Fe2O7-. The Labute approximate surface area is 237 Å². The molecule has 1 aliphatic rings. The van der Waals surface area contributed by atoms with Gasteiger partial charge in [-0.05, 0) is 11.1 Å². The van der Waals surface area contributed by atoms with E-state index >= 15 is 0 Å². The van der Waals surface area contributed by atoms with Crippen LogP contribution < -0.4 is 0 Å². The first-order valence-electron chi connectivity index (χ1n) is 8.82. The van der Waals surface area contributed by atoms with Gasteiger partial charge in [-0.3, -0.25) is 4.79 Å². The fourth-order valence-electron chi connectivity index (χ4n) is 3.00. The average molecular weight is 574 g/mol. The molecule has 3 aromatic carbocycles. The van der Waals surface area contributed by atoms with E-state index in [4.69, 9.17) is 27.9 Å². The Morgan fingerprint density at radius 3 is 1.16 bits per heavy atom. The Hall–Kier alpha value is -3.19. The van der Waals surface area contributed by atoms with Crippen LogP contribution in [0.25, 0.3) is 11.1 Å². The number of rotatable bonds is 4. The van der Waals surface area contributed by atoms with Crippen molar-refractivity contribution >= 4 is 5.78 Å². The third kappa shape index (κ3) is 13.6. The van der Waals surface area contributed by atoms with Gasteiger partial charge in [-0.2, -0.15) is 0 Å². The Bertz CT molecular complexity index is 1040. The summed E-state index contributed by atoms with van der Waals surface area (Å²) in [5.74, 6) is 0.959. The van der Waals surface area contributed by atoms with Crippen LogP contribution in [0.3, 0.4) is 0 Å². The van der Waals surface area contributed by atoms with E-state index in [2.05, 4.69) is 70.6 Å². The Kier molecular flexibility index (Phi) is 36.5. The number of ketones is 1. The fraction of sp³-hybridized carbons (Fsp3) is 0. The van der Waals surface area contributed by atoms with Gasteiger partial charge in [0.25, 0.3) is 0 Å². The number of hydrogen-bond donors (Lipinski definition) is 0. The van der Waals surface area contributed by atoms with Gasteiger partial charge in [0.1, 0.15) is 5.78 Å². The van der Waals surface area contributed by atoms with Gasteiger partial charge in [0.15, 0.2) is 0 Å². The summed E-state index contributed by atoms with van der Waals surface area (Å²) in [5, 5.41) is 0. The second-order valence-corrected chi connectivity index (χ2v) is 5.49. The Morgan fingerprint density at radius 2 is 0.811 bits per heavy atom. The summed E-state index contributed by atoms with van der Waals surface area (Å²) in [6.07, 6.45) is 4.78. The van der Waals surface area contributed by atoms with Crippen molar-refractivity contribution in [3.63, 3.8) is 0 Å². The summed E-state index contributed by atoms with van der Waals surface area (Å²) < 4.78 is 45.0. The molecule has 9 heteroatoms. The van der Waals surface area contributed by atoms with Gasteiger partial charge < -0.3 is 6.42 Å². The zero-order valence-electron chi connectivity index (χ0n) is 18.6. The topological polar surface area (TPSA) is 136 Å². The summed E-state index contributed by atoms with van der Waals surface area (Å²) in [7, 11) is 0. The van der Waals surface area contributed by atoms with Gasteiger partial charge in [0, 0.05) is 39.7 Å². The van der Waals surface area contributed by atoms with E-state index in [1.54, 1.807) is 6.42 Å². The zero-order chi connectivity index (χ0) is 27.6. The minimum atomic E-state index is -0.0278. The van der Waals surface area contributed by atoms with Crippen molar-refractivity contribution in [3.05, 3.63) is 154 Å². The third-order valence-corrected chi connectivity index (χ3v) is 4.09. The monoisotopic (exact) mass is 574 g/mol. The quantitative estimate of drug-likeness (QED) is 0.192. The molecule has 37 heavy (non-hydrogen) atoms. The van der Waals surface area contributed by atoms with Gasteiger partial charge in [0.05, 0.1) is 0 Å². The molecule has 7 nitrogen and oxygen atoms in total. The van der Waals surface area contributed by atoms with E-state index in [1.807, 2.05) is 54.6 Å². The van der Waals surface area contributed by atoms with Crippen LogP contribution in [-0.2, 0) is 62.1 Å². The summed E-state index contributed by atoms with van der Waals surface area (Å²) in [6.45, 7) is 27.0. The molecule has 0 aliphatic heterocycles. The van der Waals surface area contributed by atoms with Gasteiger partial charge in [-0.25, -0.2) is 0 Å². The van der Waals surface area contributed by atoms with Crippen molar-refractivity contribution in [1.29, 1.82) is 0 Å². The molecule has 4 rings (SSSR count). The maximum Gasteiger partial charge on any atom is 0 e. The molecule has 0 saturated carbocycles. The second kappa shape index (κ2) is 30.8. The van der Waals surface area contributed by atoms with Crippen LogP contribution in [0.15, 0.2) is 78.9 Å². The number of carbonyl (C=O) groups is 1. The number of benzene rings is 3. The molecule has 3 radical (unpaired) electrons. The minimum absolute atomic E-state index is 0. The number of hydrogen-bond acceptors (Lipinski definition) is 1. The smallest absolute Gasteiger partial charge is 0 e. The zero-order valence-corrected chi connectivity index (χ0v) is 20.9. The number of Topliss-reactive ketones (excluding diaryl/α,β-unsaturated/α-hetero) is 1. The molecular weight excluding hydrogens is 560 g/mol. The number of carbonyl (C=O) groups excluding carboxylic acids is 1. The molecule has 0 saturated heterocycles. The van der Waals surface area contributed by atoms with Crippen molar-refractivity contribution < 1.29 is 66.8 Å². The summed E-state index contributed by atoms with van der Waals surface area (Å²) in [6, 6.07) is 25.8. The maximum absolute atomic E-state index is 12.3. The van der Waals surface area contributed by atoms with Crippen LogP contribution in [-0.4, -0.2) is 5.78 Å². The largest absolute Gasteiger partial charge is 0 e. The standard InChI is InChI=1S/C22H14O.6CO.2Fe/c23-22(16-8-2-1-3-9-16)15-14-21-19-12-6-4-10-17(19)18-11-5-7-13-20(18)21;6*1-2;;/h1-13,15H;;;;;;;;/q-1;;;;;;;;. The first-order valence-corrected chi connectivity index (χ1v) is 8.82. The number of fused-ring (bicyclic) bond motifs is 3. The van der Waals surface area contributed by atoms with Crippen molar-refractivity contribution in [3.8, 4) is 11.1 Å². The first kappa shape index (κ1) is 43.8.